The van der Waals surface area contributed by atoms with Gasteiger partial charge in [-0.3, -0.25) is 9.98 Å². The Morgan fingerprint density at radius 1 is 0.667 bits per heavy atom. The average Bonchev–Trinajstić information content (AvgIpc) is 3.63. The van der Waals surface area contributed by atoms with Gasteiger partial charge in [0.1, 0.15) is 5.00 Å². The van der Waals surface area contributed by atoms with Crippen LogP contribution in [0.3, 0.4) is 0 Å². The summed E-state index contributed by atoms with van der Waals surface area (Å²) < 4.78 is 0. The van der Waals surface area contributed by atoms with Gasteiger partial charge in [-0.25, -0.2) is 9.97 Å². The Kier molecular flexibility index (Phi) is 12.1. The number of benzene rings is 5. The summed E-state index contributed by atoms with van der Waals surface area (Å²) >= 11 is 1.57. The zero-order valence-corrected chi connectivity index (χ0v) is 32.8. The lowest BCUT2D eigenvalue weighted by Crippen LogP contribution is -2.06. The molecule has 0 saturated carbocycles. The Balaban J connectivity index is 1.45. The van der Waals surface area contributed by atoms with E-state index in [4.69, 9.17) is 15.0 Å². The lowest BCUT2D eigenvalue weighted by Gasteiger charge is -2.14. The molecule has 276 valence electrons. The summed E-state index contributed by atoms with van der Waals surface area (Å²) in [6.07, 6.45) is 11.4. The monoisotopic (exact) mass is 754 g/mol. The van der Waals surface area contributed by atoms with Gasteiger partial charge in [0.05, 0.1) is 23.6 Å². The summed E-state index contributed by atoms with van der Waals surface area (Å²) in [5.41, 5.74) is 13.6. The Morgan fingerprint density at radius 2 is 1.26 bits per heavy atom. The first-order chi connectivity index (χ1) is 28.0. The fraction of sp³-hybridized carbons (Fsp3) is 0.0385. The molecule has 7 aromatic rings. The van der Waals surface area contributed by atoms with Crippen LogP contribution >= 0.6 is 11.3 Å². The quantitative estimate of drug-likeness (QED) is 0.0820. The molecule has 0 atom stereocenters. The van der Waals surface area contributed by atoms with E-state index in [0.29, 0.717) is 12.4 Å². The van der Waals surface area contributed by atoms with Gasteiger partial charge < -0.3 is 0 Å². The van der Waals surface area contributed by atoms with Gasteiger partial charge in [-0.15, -0.1) is 11.3 Å². The third kappa shape index (κ3) is 8.60. The number of hydrogen-bond acceptors (Lipinski definition) is 5. The van der Waals surface area contributed by atoms with Gasteiger partial charge in [-0.1, -0.05) is 165 Å². The van der Waals surface area contributed by atoms with E-state index in [-0.39, 0.29) is 0 Å². The molecular weight excluding hydrogens is 713 g/mol. The molecule has 2 aromatic heterocycles. The minimum absolute atomic E-state index is 0.395. The summed E-state index contributed by atoms with van der Waals surface area (Å²) in [6.45, 7) is 18.4. The van der Waals surface area contributed by atoms with Crippen LogP contribution in [0.15, 0.2) is 194 Å². The first-order valence-corrected chi connectivity index (χ1v) is 19.5. The lowest BCUT2D eigenvalue weighted by atomic mass is 9.95. The molecule has 0 fully saturated rings. The number of hydrogen-bond donors (Lipinski definition) is 0. The second-order valence-electron chi connectivity index (χ2n) is 13.2. The highest BCUT2D eigenvalue weighted by Crippen LogP contribution is 2.39. The molecule has 0 aliphatic carbocycles. The van der Waals surface area contributed by atoms with Gasteiger partial charge in [0, 0.05) is 38.3 Å². The first-order valence-electron chi connectivity index (χ1n) is 18.7. The normalized spacial score (nSPS) is 11.7. The molecule has 7 rings (SSSR count). The number of aromatic nitrogens is 2. The zero-order chi connectivity index (χ0) is 39.6. The molecule has 2 heterocycles. The number of aliphatic imine (C=N–C) groups is 2. The number of thiophene rings is 1. The van der Waals surface area contributed by atoms with Crippen molar-refractivity contribution in [2.24, 2.45) is 9.98 Å². The molecule has 0 amide bonds. The second kappa shape index (κ2) is 18.0. The van der Waals surface area contributed by atoms with Crippen molar-refractivity contribution >= 4 is 46.5 Å². The highest BCUT2D eigenvalue weighted by molar-refractivity contribution is 7.17. The van der Waals surface area contributed by atoms with Crippen LogP contribution in [0.4, 0.5) is 5.00 Å². The van der Waals surface area contributed by atoms with Crippen LogP contribution < -0.4 is 0 Å². The fourth-order valence-electron chi connectivity index (χ4n) is 6.80. The maximum atomic E-state index is 5.42. The third-order valence-electron chi connectivity index (χ3n) is 9.48. The van der Waals surface area contributed by atoms with E-state index in [0.717, 1.165) is 88.2 Å². The maximum Gasteiger partial charge on any atom is 0.160 e. The van der Waals surface area contributed by atoms with E-state index in [1.54, 1.807) is 23.5 Å². The van der Waals surface area contributed by atoms with Crippen LogP contribution in [0.25, 0.3) is 62.5 Å². The van der Waals surface area contributed by atoms with Crippen LogP contribution in [0.2, 0.25) is 0 Å². The fourth-order valence-corrected chi connectivity index (χ4v) is 7.75. The predicted molar refractivity (Wildman–Crippen MR) is 246 cm³/mol. The standard InChI is InChI=1S/C52H42N4S/c1-6-20-37(8-3)51-55-46(39-24-15-11-16-25-39)34-47(56-51)44-31-36(30-43(33-44)42-29-19-28-41(32-42)38-22-13-10-14-23-38)35-54-50(40-26-17-12-18-27-40)49-45(21-7-2)48(9-4)57-52(49)53-5/h6-34H,1,3-5,35H2,2H3/b21-7-,37-20+,54-50?. The van der Waals surface area contributed by atoms with Crippen molar-refractivity contribution in [1.82, 2.24) is 9.97 Å². The summed E-state index contributed by atoms with van der Waals surface area (Å²) in [5, 5.41) is 0.806. The molecule has 0 aliphatic rings. The number of nitrogens with zero attached hydrogens (tertiary/aromatic N) is 4. The Morgan fingerprint density at radius 3 is 1.89 bits per heavy atom. The molecule has 0 spiro atoms. The SMILES string of the molecule is C=C/C=C(\C=C)c1nc(-c2ccccc2)cc(-c2cc(CN=C(c3ccccc3)c3c(N=C)sc(C=C)c3/C=C\C)cc(-c3cccc(-c4ccccc4)c3)c2)n1. The van der Waals surface area contributed by atoms with Crippen molar-refractivity contribution in [2.45, 2.75) is 13.5 Å². The van der Waals surface area contributed by atoms with Crippen molar-refractivity contribution < 1.29 is 0 Å². The molecule has 0 unspecified atom stereocenters. The summed E-state index contributed by atoms with van der Waals surface area (Å²) in [5.74, 6) is 0.570. The molecule has 0 aliphatic heterocycles. The molecule has 4 nitrogen and oxygen atoms in total. The van der Waals surface area contributed by atoms with E-state index >= 15 is 0 Å². The lowest BCUT2D eigenvalue weighted by molar-refractivity contribution is 1.07. The van der Waals surface area contributed by atoms with Crippen LogP contribution in [-0.4, -0.2) is 22.4 Å². The summed E-state index contributed by atoms with van der Waals surface area (Å²) in [7, 11) is 0. The number of rotatable bonds is 14. The predicted octanol–water partition coefficient (Wildman–Crippen LogP) is 14.0. The van der Waals surface area contributed by atoms with Crippen molar-refractivity contribution in [2.75, 3.05) is 0 Å². The molecule has 57 heavy (non-hydrogen) atoms. The van der Waals surface area contributed by atoms with E-state index in [2.05, 4.69) is 135 Å². The van der Waals surface area contributed by atoms with Gasteiger partial charge in [-0.05, 0) is 71.8 Å². The van der Waals surface area contributed by atoms with Gasteiger partial charge >= 0.3 is 0 Å². The Bertz CT molecular complexity index is 2660. The highest BCUT2D eigenvalue weighted by Gasteiger charge is 2.21. The number of allylic oxidation sites excluding steroid dienone is 5. The zero-order valence-electron chi connectivity index (χ0n) is 32.0. The third-order valence-corrected chi connectivity index (χ3v) is 10.6. The van der Waals surface area contributed by atoms with Crippen molar-refractivity contribution in [1.29, 1.82) is 0 Å². The van der Waals surface area contributed by atoms with E-state index < -0.39 is 0 Å². The molecule has 0 N–H and O–H groups in total. The maximum absolute atomic E-state index is 5.42. The molecule has 0 saturated heterocycles. The van der Waals surface area contributed by atoms with E-state index in [9.17, 15) is 0 Å². The summed E-state index contributed by atoms with van der Waals surface area (Å²) in [4.78, 5) is 21.1. The van der Waals surface area contributed by atoms with Gasteiger partial charge in [0.2, 0.25) is 0 Å². The topological polar surface area (TPSA) is 50.5 Å². The highest BCUT2D eigenvalue weighted by atomic mass is 32.1. The first kappa shape index (κ1) is 38.2. The second-order valence-corrected chi connectivity index (χ2v) is 14.2. The van der Waals surface area contributed by atoms with Crippen molar-refractivity contribution in [3.63, 3.8) is 0 Å². The smallest absolute Gasteiger partial charge is 0.160 e. The Labute approximate surface area is 339 Å². The summed E-state index contributed by atoms with van der Waals surface area (Å²) in [6, 6.07) is 48.3. The van der Waals surface area contributed by atoms with Crippen molar-refractivity contribution in [3.05, 3.63) is 217 Å². The van der Waals surface area contributed by atoms with Crippen LogP contribution in [0.1, 0.15) is 39.9 Å². The molecule has 0 bridgehead atoms. The van der Waals surface area contributed by atoms with Crippen LogP contribution in [0, 0.1) is 0 Å². The van der Waals surface area contributed by atoms with Gasteiger partial charge in [0.15, 0.2) is 5.82 Å². The largest absolute Gasteiger partial charge is 0.279 e. The van der Waals surface area contributed by atoms with Gasteiger partial charge in [0.25, 0.3) is 0 Å². The molecule has 0 radical (unpaired) electrons. The molecule has 5 aromatic carbocycles. The average molecular weight is 755 g/mol. The van der Waals surface area contributed by atoms with E-state index in [1.807, 2.05) is 67.6 Å². The van der Waals surface area contributed by atoms with Crippen LogP contribution in [-0.2, 0) is 6.54 Å². The Hall–Kier alpha value is -7.08. The molecule has 5 heteroatoms. The molecular formula is C52H42N4S. The van der Waals surface area contributed by atoms with Gasteiger partial charge in [-0.2, -0.15) is 0 Å². The van der Waals surface area contributed by atoms with Crippen molar-refractivity contribution in [3.8, 4) is 44.8 Å². The van der Waals surface area contributed by atoms with E-state index in [1.165, 1.54) is 0 Å². The minimum Gasteiger partial charge on any atom is -0.279 e. The minimum atomic E-state index is 0.395. The van der Waals surface area contributed by atoms with Crippen LogP contribution in [0.5, 0.6) is 0 Å².